The van der Waals surface area contributed by atoms with Crippen molar-refractivity contribution < 1.29 is 18.3 Å². The lowest BCUT2D eigenvalue weighted by atomic mass is 10.2. The van der Waals surface area contributed by atoms with Crippen molar-refractivity contribution in [3.63, 3.8) is 0 Å². The summed E-state index contributed by atoms with van der Waals surface area (Å²) in [7, 11) is -2.50. The van der Waals surface area contributed by atoms with E-state index in [1.165, 1.54) is 25.2 Å². The van der Waals surface area contributed by atoms with Crippen LogP contribution < -0.4 is 10.5 Å². The van der Waals surface area contributed by atoms with Crippen LogP contribution >= 0.6 is 0 Å². The summed E-state index contributed by atoms with van der Waals surface area (Å²) < 4.78 is 24.9. The van der Waals surface area contributed by atoms with Gasteiger partial charge in [-0.15, -0.1) is 0 Å². The first-order valence-electron chi connectivity index (χ1n) is 3.95. The summed E-state index contributed by atoms with van der Waals surface area (Å²) in [6.45, 7) is 0. The van der Waals surface area contributed by atoms with Crippen molar-refractivity contribution in [2.24, 2.45) is 0 Å². The molecule has 1 aromatic carbocycles. The van der Waals surface area contributed by atoms with Gasteiger partial charge in [-0.2, -0.15) is 0 Å². The molecule has 1 aromatic rings. The molecule has 0 aromatic heterocycles. The molecule has 0 bridgehead atoms. The van der Waals surface area contributed by atoms with E-state index in [4.69, 9.17) is 10.8 Å². The summed E-state index contributed by atoms with van der Waals surface area (Å²) in [5, 5.41) is 8.73. The normalized spacial score (nSPS) is 11.3. The van der Waals surface area contributed by atoms with Crippen LogP contribution in [0.15, 0.2) is 23.1 Å². The van der Waals surface area contributed by atoms with Crippen LogP contribution in [0.2, 0.25) is 0 Å². The number of hydrogen-bond donors (Lipinski definition) is 3. The Morgan fingerprint density at radius 3 is 2.53 bits per heavy atom. The number of anilines is 1. The number of carbonyl (C=O) groups is 1. The van der Waals surface area contributed by atoms with Gasteiger partial charge in [-0.05, 0) is 19.2 Å². The lowest BCUT2D eigenvalue weighted by Gasteiger charge is -2.07. The van der Waals surface area contributed by atoms with E-state index in [-0.39, 0.29) is 16.1 Å². The second-order valence-corrected chi connectivity index (χ2v) is 4.59. The van der Waals surface area contributed by atoms with Crippen LogP contribution in [-0.4, -0.2) is 26.5 Å². The second kappa shape index (κ2) is 3.87. The van der Waals surface area contributed by atoms with Gasteiger partial charge in [0.25, 0.3) is 0 Å². The summed E-state index contributed by atoms with van der Waals surface area (Å²) in [5.41, 5.74) is 4.95. The van der Waals surface area contributed by atoms with Gasteiger partial charge in [0.15, 0.2) is 0 Å². The van der Waals surface area contributed by atoms with Crippen LogP contribution in [0.1, 0.15) is 10.4 Å². The minimum atomic E-state index is -3.72. The summed E-state index contributed by atoms with van der Waals surface area (Å²) in [5.74, 6) is -1.26. The molecule has 0 atom stereocenters. The van der Waals surface area contributed by atoms with Crippen LogP contribution in [0.4, 0.5) is 5.69 Å². The maximum Gasteiger partial charge on any atom is 0.337 e. The van der Waals surface area contributed by atoms with Gasteiger partial charge in [0.05, 0.1) is 11.3 Å². The summed E-state index contributed by atoms with van der Waals surface area (Å²) in [6.07, 6.45) is 0. The van der Waals surface area contributed by atoms with E-state index in [1.807, 2.05) is 0 Å². The number of para-hydroxylation sites is 1. The Hall–Kier alpha value is -1.60. The van der Waals surface area contributed by atoms with E-state index in [2.05, 4.69) is 4.72 Å². The Morgan fingerprint density at radius 1 is 1.47 bits per heavy atom. The van der Waals surface area contributed by atoms with Gasteiger partial charge in [0.1, 0.15) is 4.90 Å². The Morgan fingerprint density at radius 2 is 2.07 bits per heavy atom. The van der Waals surface area contributed by atoms with Crippen molar-refractivity contribution in [2.45, 2.75) is 4.90 Å². The smallest absolute Gasteiger partial charge is 0.337 e. The number of nitrogens with one attached hydrogen (secondary N) is 1. The molecule has 0 saturated carbocycles. The maximum atomic E-state index is 11.4. The maximum absolute atomic E-state index is 11.4. The van der Waals surface area contributed by atoms with Crippen LogP contribution in [0.5, 0.6) is 0 Å². The highest BCUT2D eigenvalue weighted by molar-refractivity contribution is 7.89. The zero-order chi connectivity index (χ0) is 11.6. The molecular weight excluding hydrogens is 220 g/mol. The highest BCUT2D eigenvalue weighted by Gasteiger charge is 2.19. The average Bonchev–Trinajstić information content (AvgIpc) is 2.17. The fraction of sp³-hybridized carbons (Fsp3) is 0.125. The molecule has 0 saturated heterocycles. The molecule has 0 aliphatic rings. The van der Waals surface area contributed by atoms with Gasteiger partial charge in [-0.25, -0.2) is 17.9 Å². The van der Waals surface area contributed by atoms with Gasteiger partial charge in [-0.1, -0.05) is 6.07 Å². The van der Waals surface area contributed by atoms with Crippen molar-refractivity contribution in [3.05, 3.63) is 23.8 Å². The Balaban J connectivity index is 3.47. The predicted molar refractivity (Wildman–Crippen MR) is 54.1 cm³/mol. The molecule has 0 radical (unpaired) electrons. The first-order chi connectivity index (χ1) is 6.90. The first kappa shape index (κ1) is 11.5. The van der Waals surface area contributed by atoms with E-state index < -0.39 is 16.0 Å². The zero-order valence-corrected chi connectivity index (χ0v) is 8.71. The van der Waals surface area contributed by atoms with E-state index >= 15 is 0 Å². The lowest BCUT2D eigenvalue weighted by molar-refractivity contribution is 0.0698. The fourth-order valence-electron chi connectivity index (χ4n) is 1.07. The van der Waals surface area contributed by atoms with E-state index in [1.54, 1.807) is 0 Å². The monoisotopic (exact) mass is 230 g/mol. The van der Waals surface area contributed by atoms with Crippen molar-refractivity contribution in [1.82, 2.24) is 4.72 Å². The predicted octanol–water partition coefficient (Wildman–Crippen LogP) is -0.125. The summed E-state index contributed by atoms with van der Waals surface area (Å²) in [6, 6.07) is 3.81. The number of rotatable bonds is 3. The van der Waals surface area contributed by atoms with Crippen LogP contribution in [0.3, 0.4) is 0 Å². The number of carboxylic acid groups (broad SMARTS) is 1. The molecule has 0 amide bonds. The highest BCUT2D eigenvalue weighted by Crippen LogP contribution is 2.21. The average molecular weight is 230 g/mol. The number of nitrogens with two attached hydrogens (primary N) is 1. The molecule has 0 heterocycles. The Bertz CT molecular complexity index is 495. The Labute approximate surface area is 86.8 Å². The molecule has 7 heteroatoms. The quantitative estimate of drug-likeness (QED) is 0.627. The van der Waals surface area contributed by atoms with Crippen LogP contribution in [-0.2, 0) is 10.0 Å². The third-order valence-corrected chi connectivity index (χ3v) is 3.33. The fourth-order valence-corrected chi connectivity index (χ4v) is 1.95. The standard InChI is InChI=1S/C8H10N2O4S/c1-10-15(13,14)6-4-2-3-5(7(6)9)8(11)12/h2-4,10H,9H2,1H3,(H,11,12). The van der Waals surface area contributed by atoms with Crippen molar-refractivity contribution in [3.8, 4) is 0 Å². The largest absolute Gasteiger partial charge is 0.478 e. The number of hydrogen-bond acceptors (Lipinski definition) is 4. The zero-order valence-electron chi connectivity index (χ0n) is 7.89. The SMILES string of the molecule is CNS(=O)(=O)c1cccc(C(=O)O)c1N. The first-order valence-corrected chi connectivity index (χ1v) is 5.44. The summed E-state index contributed by atoms with van der Waals surface area (Å²) >= 11 is 0. The molecule has 82 valence electrons. The van der Waals surface area contributed by atoms with E-state index in [0.29, 0.717) is 0 Å². The number of sulfonamides is 1. The van der Waals surface area contributed by atoms with E-state index in [0.717, 1.165) is 0 Å². The third-order valence-electron chi connectivity index (χ3n) is 1.85. The second-order valence-electron chi connectivity index (χ2n) is 2.73. The topological polar surface area (TPSA) is 109 Å². The molecule has 0 fully saturated rings. The molecule has 0 aliphatic carbocycles. The minimum Gasteiger partial charge on any atom is -0.478 e. The van der Waals surface area contributed by atoms with Crippen molar-refractivity contribution in [1.29, 1.82) is 0 Å². The molecule has 15 heavy (non-hydrogen) atoms. The van der Waals surface area contributed by atoms with Gasteiger partial charge in [0.2, 0.25) is 10.0 Å². The van der Waals surface area contributed by atoms with Crippen LogP contribution in [0.25, 0.3) is 0 Å². The van der Waals surface area contributed by atoms with Crippen molar-refractivity contribution in [2.75, 3.05) is 12.8 Å². The van der Waals surface area contributed by atoms with Crippen LogP contribution in [0, 0.1) is 0 Å². The molecule has 6 nitrogen and oxygen atoms in total. The molecule has 0 spiro atoms. The van der Waals surface area contributed by atoms with Gasteiger partial charge in [-0.3, -0.25) is 0 Å². The molecule has 4 N–H and O–H groups in total. The third kappa shape index (κ3) is 2.08. The Kier molecular flexibility index (Phi) is 2.96. The molecule has 0 aliphatic heterocycles. The highest BCUT2D eigenvalue weighted by atomic mass is 32.2. The van der Waals surface area contributed by atoms with Crippen molar-refractivity contribution >= 4 is 21.7 Å². The van der Waals surface area contributed by atoms with Gasteiger partial charge in [0, 0.05) is 0 Å². The van der Waals surface area contributed by atoms with Gasteiger partial charge >= 0.3 is 5.97 Å². The lowest BCUT2D eigenvalue weighted by Crippen LogP contribution is -2.21. The van der Waals surface area contributed by atoms with Gasteiger partial charge < -0.3 is 10.8 Å². The molecular formula is C8H10N2O4S. The number of aromatic carboxylic acids is 1. The molecule has 0 unspecified atom stereocenters. The molecule has 1 rings (SSSR count). The number of carboxylic acids is 1. The number of nitrogen functional groups attached to an aromatic ring is 1. The number of benzene rings is 1. The van der Waals surface area contributed by atoms with E-state index in [9.17, 15) is 13.2 Å². The minimum absolute atomic E-state index is 0.230. The summed E-state index contributed by atoms with van der Waals surface area (Å²) in [4.78, 5) is 10.5.